The maximum absolute atomic E-state index is 13.0. The molecular weight excluding hydrogens is 357 g/mol. The number of halogens is 1. The minimum absolute atomic E-state index is 0.173. The Labute approximate surface area is 151 Å². The lowest BCUT2D eigenvalue weighted by molar-refractivity contribution is 0.475. The molecule has 0 aliphatic heterocycles. The van der Waals surface area contributed by atoms with Crippen LogP contribution < -0.4 is 0 Å². The molecular formula is C17H12FN5O2S. The number of nitrogens with zero attached hydrogens (tertiary/aromatic N) is 5. The van der Waals surface area contributed by atoms with Gasteiger partial charge in [-0.2, -0.15) is 4.68 Å². The molecule has 2 aromatic carbocycles. The van der Waals surface area contributed by atoms with Gasteiger partial charge in [0.25, 0.3) is 0 Å². The van der Waals surface area contributed by atoms with Crippen molar-refractivity contribution in [2.75, 3.05) is 0 Å². The molecule has 0 radical (unpaired) electrons. The maximum Gasteiger partial charge on any atom is 0.226 e. The monoisotopic (exact) mass is 369 g/mol. The van der Waals surface area contributed by atoms with E-state index in [2.05, 4.69) is 20.5 Å². The van der Waals surface area contributed by atoms with Crippen molar-refractivity contribution >= 4 is 11.8 Å². The molecule has 2 aromatic heterocycles. The highest BCUT2D eigenvalue weighted by molar-refractivity contribution is 7.98. The fourth-order valence-electron chi connectivity index (χ4n) is 2.26. The molecule has 0 spiro atoms. The van der Waals surface area contributed by atoms with Gasteiger partial charge in [-0.1, -0.05) is 11.8 Å². The number of hydrogen-bond donors (Lipinski definition) is 1. The molecule has 0 atom stereocenters. The number of phenols is 1. The lowest BCUT2D eigenvalue weighted by Crippen LogP contribution is -1.98. The zero-order chi connectivity index (χ0) is 17.9. The van der Waals surface area contributed by atoms with E-state index >= 15 is 0 Å². The molecule has 4 rings (SSSR count). The van der Waals surface area contributed by atoms with Crippen molar-refractivity contribution < 1.29 is 13.9 Å². The number of hydrogen-bond acceptors (Lipinski definition) is 7. The number of oxazole rings is 1. The van der Waals surface area contributed by atoms with Crippen LogP contribution in [0.25, 0.3) is 17.1 Å². The molecule has 0 fully saturated rings. The Hall–Kier alpha value is -3.20. The average Bonchev–Trinajstić information content (AvgIpc) is 3.30. The Bertz CT molecular complexity index is 1010. The first-order valence-corrected chi connectivity index (χ1v) is 8.58. The van der Waals surface area contributed by atoms with Gasteiger partial charge in [-0.05, 0) is 59.0 Å². The van der Waals surface area contributed by atoms with Crippen LogP contribution in [0.3, 0.4) is 0 Å². The van der Waals surface area contributed by atoms with E-state index in [1.165, 1.54) is 23.9 Å². The van der Waals surface area contributed by atoms with Crippen LogP contribution in [0.4, 0.5) is 4.39 Å². The Morgan fingerprint density at radius 1 is 1.08 bits per heavy atom. The molecule has 1 N–H and O–H groups in total. The molecule has 7 nitrogen and oxygen atoms in total. The highest BCUT2D eigenvalue weighted by atomic mass is 32.2. The zero-order valence-electron chi connectivity index (χ0n) is 13.3. The summed E-state index contributed by atoms with van der Waals surface area (Å²) in [5.74, 6) is 0.797. The van der Waals surface area contributed by atoms with Crippen LogP contribution in [0.5, 0.6) is 5.75 Å². The summed E-state index contributed by atoms with van der Waals surface area (Å²) in [6.45, 7) is 0. The first-order chi connectivity index (χ1) is 12.7. The van der Waals surface area contributed by atoms with Crippen LogP contribution in [0.15, 0.2) is 64.4 Å². The van der Waals surface area contributed by atoms with E-state index in [1.807, 2.05) is 0 Å². The smallest absolute Gasteiger partial charge is 0.226 e. The number of aromatic nitrogens is 5. The average molecular weight is 369 g/mol. The van der Waals surface area contributed by atoms with E-state index in [0.717, 1.165) is 11.4 Å². The standard InChI is InChI=1S/C17H12FN5O2S/c18-12-3-1-11(2-4-12)16-19-13(9-25-16)10-26-17-20-21-22-23(17)14-5-7-15(24)8-6-14/h1-9,24H,10H2. The number of benzene rings is 2. The highest BCUT2D eigenvalue weighted by Gasteiger charge is 2.12. The summed E-state index contributed by atoms with van der Waals surface area (Å²) in [7, 11) is 0. The second kappa shape index (κ2) is 6.96. The molecule has 0 saturated heterocycles. The summed E-state index contributed by atoms with van der Waals surface area (Å²) in [6, 6.07) is 12.5. The summed E-state index contributed by atoms with van der Waals surface area (Å²) in [4.78, 5) is 4.40. The quantitative estimate of drug-likeness (QED) is 0.539. The summed E-state index contributed by atoms with van der Waals surface area (Å²) in [6.07, 6.45) is 1.56. The van der Waals surface area contributed by atoms with Crippen molar-refractivity contribution in [3.63, 3.8) is 0 Å². The molecule has 9 heteroatoms. The van der Waals surface area contributed by atoms with Gasteiger partial charge in [-0.3, -0.25) is 0 Å². The normalized spacial score (nSPS) is 11.0. The molecule has 4 aromatic rings. The Balaban J connectivity index is 1.48. The largest absolute Gasteiger partial charge is 0.508 e. The minimum Gasteiger partial charge on any atom is -0.508 e. The van der Waals surface area contributed by atoms with Gasteiger partial charge in [0.2, 0.25) is 11.0 Å². The van der Waals surface area contributed by atoms with Crippen LogP contribution in [-0.4, -0.2) is 30.3 Å². The molecule has 0 saturated carbocycles. The van der Waals surface area contributed by atoms with E-state index in [4.69, 9.17) is 4.42 Å². The lowest BCUT2D eigenvalue weighted by atomic mass is 10.2. The maximum atomic E-state index is 13.0. The van der Waals surface area contributed by atoms with Gasteiger partial charge in [0.15, 0.2) is 0 Å². The van der Waals surface area contributed by atoms with Gasteiger partial charge in [0.1, 0.15) is 17.8 Å². The van der Waals surface area contributed by atoms with Crippen LogP contribution in [0.1, 0.15) is 5.69 Å². The second-order valence-electron chi connectivity index (χ2n) is 5.33. The second-order valence-corrected chi connectivity index (χ2v) is 6.27. The number of rotatable bonds is 5. The van der Waals surface area contributed by atoms with Gasteiger partial charge in [0.05, 0.1) is 11.4 Å². The zero-order valence-corrected chi connectivity index (χ0v) is 14.1. The first-order valence-electron chi connectivity index (χ1n) is 7.60. The third-order valence-corrected chi connectivity index (χ3v) is 4.48. The summed E-state index contributed by atoms with van der Waals surface area (Å²) >= 11 is 1.40. The van der Waals surface area contributed by atoms with E-state index in [0.29, 0.717) is 22.4 Å². The first kappa shape index (κ1) is 16.3. The number of thioether (sulfide) groups is 1. The van der Waals surface area contributed by atoms with E-state index in [1.54, 1.807) is 47.3 Å². The molecule has 0 aliphatic rings. The predicted octanol–water partition coefficient (Wildman–Crippen LogP) is 3.45. The van der Waals surface area contributed by atoms with Gasteiger partial charge in [0, 0.05) is 11.3 Å². The summed E-state index contributed by atoms with van der Waals surface area (Å²) in [5.41, 5.74) is 2.16. The molecule has 0 unspecified atom stereocenters. The summed E-state index contributed by atoms with van der Waals surface area (Å²) in [5, 5.41) is 21.6. The lowest BCUT2D eigenvalue weighted by Gasteiger charge is -2.03. The minimum atomic E-state index is -0.308. The van der Waals surface area contributed by atoms with Crippen molar-refractivity contribution in [1.29, 1.82) is 0 Å². The van der Waals surface area contributed by atoms with Crippen LogP contribution in [-0.2, 0) is 5.75 Å². The molecule has 130 valence electrons. The Morgan fingerprint density at radius 2 is 1.85 bits per heavy atom. The number of aromatic hydroxyl groups is 1. The topological polar surface area (TPSA) is 89.9 Å². The molecule has 0 aliphatic carbocycles. The van der Waals surface area contributed by atoms with Crippen molar-refractivity contribution in [2.24, 2.45) is 0 Å². The third kappa shape index (κ3) is 3.42. The van der Waals surface area contributed by atoms with Gasteiger partial charge in [-0.15, -0.1) is 5.10 Å². The fourth-order valence-corrected chi connectivity index (χ4v) is 3.03. The highest BCUT2D eigenvalue weighted by Crippen LogP contribution is 2.25. The number of phenolic OH excluding ortho intramolecular Hbond substituents is 1. The van der Waals surface area contributed by atoms with Crippen molar-refractivity contribution in [1.82, 2.24) is 25.2 Å². The molecule has 0 amide bonds. The van der Waals surface area contributed by atoms with Gasteiger partial charge in [-0.25, -0.2) is 9.37 Å². The van der Waals surface area contributed by atoms with Crippen LogP contribution in [0, 0.1) is 5.82 Å². The van der Waals surface area contributed by atoms with Gasteiger partial charge < -0.3 is 9.52 Å². The van der Waals surface area contributed by atoms with Crippen LogP contribution in [0.2, 0.25) is 0 Å². The van der Waals surface area contributed by atoms with E-state index in [9.17, 15) is 9.50 Å². The van der Waals surface area contributed by atoms with Crippen molar-refractivity contribution in [3.8, 4) is 22.9 Å². The van der Waals surface area contributed by atoms with Gasteiger partial charge >= 0.3 is 0 Å². The van der Waals surface area contributed by atoms with Crippen molar-refractivity contribution in [2.45, 2.75) is 10.9 Å². The van der Waals surface area contributed by atoms with E-state index < -0.39 is 0 Å². The number of tetrazole rings is 1. The Kier molecular flexibility index (Phi) is 4.36. The summed E-state index contributed by atoms with van der Waals surface area (Å²) < 4.78 is 20.0. The van der Waals surface area contributed by atoms with E-state index in [-0.39, 0.29) is 11.6 Å². The molecule has 0 bridgehead atoms. The van der Waals surface area contributed by atoms with Crippen LogP contribution >= 0.6 is 11.8 Å². The molecule has 26 heavy (non-hydrogen) atoms. The van der Waals surface area contributed by atoms with Crippen molar-refractivity contribution in [3.05, 3.63) is 66.3 Å². The SMILES string of the molecule is Oc1ccc(-n2nnnc2SCc2coc(-c3ccc(F)cc3)n2)cc1. The predicted molar refractivity (Wildman–Crippen MR) is 92.3 cm³/mol. The third-order valence-electron chi connectivity index (χ3n) is 3.53. The molecule has 2 heterocycles. The fraction of sp³-hybridized carbons (Fsp3) is 0.0588. The Morgan fingerprint density at radius 3 is 2.62 bits per heavy atom.